The van der Waals surface area contributed by atoms with E-state index in [1.54, 1.807) is 4.90 Å². The van der Waals surface area contributed by atoms with E-state index in [9.17, 15) is 9.18 Å². The molecule has 0 aliphatic carbocycles. The fraction of sp³-hybridized carbons (Fsp3) is 0.500. The van der Waals surface area contributed by atoms with Gasteiger partial charge in [0.2, 0.25) is 0 Å². The number of carbonyl (C=O) groups is 1. The summed E-state index contributed by atoms with van der Waals surface area (Å²) in [6, 6.07) is 1.89. The second kappa shape index (κ2) is 5.23. The van der Waals surface area contributed by atoms with Crippen LogP contribution in [-0.2, 0) is 0 Å². The van der Waals surface area contributed by atoms with Gasteiger partial charge >= 0.3 is 0 Å². The lowest BCUT2D eigenvalue weighted by molar-refractivity contribution is 0.0702. The summed E-state index contributed by atoms with van der Waals surface area (Å²) < 4.78 is 13.4. The van der Waals surface area contributed by atoms with Crippen LogP contribution in [0.2, 0.25) is 0 Å². The molecule has 2 rings (SSSR count). The molecule has 1 aromatic heterocycles. The van der Waals surface area contributed by atoms with Crippen molar-refractivity contribution in [3.05, 3.63) is 29.8 Å². The van der Waals surface area contributed by atoms with E-state index >= 15 is 0 Å². The van der Waals surface area contributed by atoms with Crippen molar-refractivity contribution in [1.29, 1.82) is 0 Å². The maximum atomic E-state index is 13.4. The molecule has 1 aromatic rings. The molecule has 0 unspecified atom stereocenters. The third kappa shape index (κ3) is 2.61. The number of hydrogen-bond acceptors (Lipinski definition) is 3. The molecular formula is C12H16FN3O. The van der Waals surface area contributed by atoms with Crippen molar-refractivity contribution in [3.63, 3.8) is 0 Å². The zero-order chi connectivity index (χ0) is 12.3. The van der Waals surface area contributed by atoms with Crippen LogP contribution in [0.15, 0.2) is 18.5 Å². The van der Waals surface area contributed by atoms with Crippen molar-refractivity contribution >= 4 is 5.91 Å². The van der Waals surface area contributed by atoms with Crippen molar-refractivity contribution in [1.82, 2.24) is 15.2 Å². The molecule has 1 aliphatic rings. The Morgan fingerprint density at radius 2 is 2.24 bits per heavy atom. The first-order valence-corrected chi connectivity index (χ1v) is 5.78. The van der Waals surface area contributed by atoms with Gasteiger partial charge in [-0.2, -0.15) is 0 Å². The second-order valence-corrected chi connectivity index (χ2v) is 4.21. The highest BCUT2D eigenvalue weighted by molar-refractivity contribution is 5.94. The number of nitrogens with one attached hydrogen (secondary N) is 1. The number of nitrogens with zero attached hydrogens (tertiary/aromatic N) is 2. The van der Waals surface area contributed by atoms with Gasteiger partial charge in [-0.15, -0.1) is 0 Å². The lowest BCUT2D eigenvalue weighted by atomic mass is 10.0. The Bertz CT molecular complexity index is 402. The zero-order valence-electron chi connectivity index (χ0n) is 9.82. The van der Waals surface area contributed by atoms with E-state index in [4.69, 9.17) is 0 Å². The van der Waals surface area contributed by atoms with Crippen LogP contribution < -0.4 is 5.32 Å². The van der Waals surface area contributed by atoms with Gasteiger partial charge in [-0.25, -0.2) is 4.39 Å². The quantitative estimate of drug-likeness (QED) is 0.836. The zero-order valence-corrected chi connectivity index (χ0v) is 9.82. The molecule has 0 spiro atoms. The standard InChI is InChI=1S/C12H16FN3O/c1-14-9-3-6-16(7-4-9)12(17)10-2-5-15-8-11(10)13/h2,5,8-9,14H,3-4,6-7H2,1H3. The highest BCUT2D eigenvalue weighted by Gasteiger charge is 2.24. The summed E-state index contributed by atoms with van der Waals surface area (Å²) >= 11 is 0. The van der Waals surface area contributed by atoms with Gasteiger partial charge in [-0.05, 0) is 26.0 Å². The summed E-state index contributed by atoms with van der Waals surface area (Å²) in [7, 11) is 1.92. The molecule has 2 heterocycles. The topological polar surface area (TPSA) is 45.2 Å². The van der Waals surface area contributed by atoms with Gasteiger partial charge in [0.05, 0.1) is 11.8 Å². The molecule has 0 saturated carbocycles. The van der Waals surface area contributed by atoms with Crippen LogP contribution >= 0.6 is 0 Å². The van der Waals surface area contributed by atoms with Gasteiger partial charge in [0.1, 0.15) is 0 Å². The number of likely N-dealkylation sites (tertiary alicyclic amines) is 1. The summed E-state index contributed by atoms with van der Waals surface area (Å²) in [4.78, 5) is 17.4. The average molecular weight is 237 g/mol. The van der Waals surface area contributed by atoms with Crippen LogP contribution in [0, 0.1) is 5.82 Å². The van der Waals surface area contributed by atoms with E-state index in [1.165, 1.54) is 12.3 Å². The summed E-state index contributed by atoms with van der Waals surface area (Å²) in [6.07, 6.45) is 4.34. The van der Waals surface area contributed by atoms with E-state index < -0.39 is 5.82 Å². The Morgan fingerprint density at radius 1 is 1.53 bits per heavy atom. The molecule has 1 N–H and O–H groups in total. The number of hydrogen-bond donors (Lipinski definition) is 1. The van der Waals surface area contributed by atoms with Gasteiger partial charge in [0.25, 0.3) is 5.91 Å². The minimum atomic E-state index is -0.548. The van der Waals surface area contributed by atoms with E-state index in [1.807, 2.05) is 7.05 Å². The Hall–Kier alpha value is -1.49. The van der Waals surface area contributed by atoms with Crippen LogP contribution in [0.5, 0.6) is 0 Å². The SMILES string of the molecule is CNC1CCN(C(=O)c2ccncc2F)CC1. The first-order valence-electron chi connectivity index (χ1n) is 5.78. The predicted molar refractivity (Wildman–Crippen MR) is 62.2 cm³/mol. The molecule has 4 nitrogen and oxygen atoms in total. The molecule has 0 radical (unpaired) electrons. The van der Waals surface area contributed by atoms with Crippen molar-refractivity contribution in [2.45, 2.75) is 18.9 Å². The summed E-state index contributed by atoms with van der Waals surface area (Å²) in [6.45, 7) is 1.35. The third-order valence-corrected chi connectivity index (χ3v) is 3.19. The maximum absolute atomic E-state index is 13.4. The fourth-order valence-corrected chi connectivity index (χ4v) is 2.09. The van der Waals surface area contributed by atoms with Gasteiger partial charge < -0.3 is 10.2 Å². The number of amides is 1. The number of pyridine rings is 1. The summed E-state index contributed by atoms with van der Waals surface area (Å²) in [5.74, 6) is -0.785. The van der Waals surface area contributed by atoms with Gasteiger partial charge in [-0.3, -0.25) is 9.78 Å². The van der Waals surface area contributed by atoms with E-state index in [0.717, 1.165) is 19.0 Å². The van der Waals surface area contributed by atoms with Crippen LogP contribution in [0.3, 0.4) is 0 Å². The van der Waals surface area contributed by atoms with Crippen LogP contribution in [0.25, 0.3) is 0 Å². The second-order valence-electron chi connectivity index (χ2n) is 4.21. The van der Waals surface area contributed by atoms with E-state index in [-0.39, 0.29) is 11.5 Å². The third-order valence-electron chi connectivity index (χ3n) is 3.19. The summed E-state index contributed by atoms with van der Waals surface area (Å²) in [5.41, 5.74) is 0.114. The van der Waals surface area contributed by atoms with Crippen molar-refractivity contribution < 1.29 is 9.18 Å². The normalized spacial score (nSPS) is 17.2. The largest absolute Gasteiger partial charge is 0.338 e. The molecule has 0 aromatic carbocycles. The number of carbonyl (C=O) groups excluding carboxylic acids is 1. The number of halogens is 1. The minimum Gasteiger partial charge on any atom is -0.338 e. The molecule has 0 bridgehead atoms. The first-order chi connectivity index (χ1) is 8.22. The predicted octanol–water partition coefficient (Wildman–Crippen LogP) is 1.04. The highest BCUT2D eigenvalue weighted by Crippen LogP contribution is 2.15. The van der Waals surface area contributed by atoms with Gasteiger partial charge in [-0.1, -0.05) is 0 Å². The molecule has 0 atom stereocenters. The molecule has 5 heteroatoms. The Kier molecular flexibility index (Phi) is 3.68. The van der Waals surface area contributed by atoms with Crippen LogP contribution in [0.4, 0.5) is 4.39 Å². The molecule has 1 amide bonds. The van der Waals surface area contributed by atoms with Gasteiger partial charge in [0.15, 0.2) is 5.82 Å². The number of piperidine rings is 1. The average Bonchev–Trinajstić information content (AvgIpc) is 2.39. The Morgan fingerprint density at radius 3 is 2.82 bits per heavy atom. The number of rotatable bonds is 2. The molecule has 1 saturated heterocycles. The molecule has 17 heavy (non-hydrogen) atoms. The molecule has 1 fully saturated rings. The number of aromatic nitrogens is 1. The van der Waals surface area contributed by atoms with E-state index in [0.29, 0.717) is 19.1 Å². The van der Waals surface area contributed by atoms with E-state index in [2.05, 4.69) is 10.3 Å². The first kappa shape index (κ1) is 12.0. The lowest BCUT2D eigenvalue weighted by Gasteiger charge is -2.31. The molecular weight excluding hydrogens is 221 g/mol. The van der Waals surface area contributed by atoms with Crippen molar-refractivity contribution in [2.75, 3.05) is 20.1 Å². The highest BCUT2D eigenvalue weighted by atomic mass is 19.1. The van der Waals surface area contributed by atoms with Crippen LogP contribution in [0.1, 0.15) is 23.2 Å². The molecule has 1 aliphatic heterocycles. The van der Waals surface area contributed by atoms with Crippen molar-refractivity contribution in [2.24, 2.45) is 0 Å². The summed E-state index contributed by atoms with van der Waals surface area (Å²) in [5, 5.41) is 3.19. The lowest BCUT2D eigenvalue weighted by Crippen LogP contribution is -2.44. The van der Waals surface area contributed by atoms with Gasteiger partial charge in [0, 0.05) is 25.3 Å². The van der Waals surface area contributed by atoms with Crippen molar-refractivity contribution in [3.8, 4) is 0 Å². The van der Waals surface area contributed by atoms with Crippen LogP contribution in [-0.4, -0.2) is 42.0 Å². The minimum absolute atomic E-state index is 0.114. The fourth-order valence-electron chi connectivity index (χ4n) is 2.09. The Balaban J connectivity index is 2.04. The monoisotopic (exact) mass is 237 g/mol. The smallest absolute Gasteiger partial charge is 0.256 e. The Labute approximate surface area is 99.8 Å². The maximum Gasteiger partial charge on any atom is 0.256 e. The molecule has 92 valence electrons.